The topological polar surface area (TPSA) is 104 Å². The number of methoxy groups -OCH3 is 1. The number of carbonyl (C=O) groups excluding carboxylic acids is 1. The molecule has 3 N–H and O–H groups in total. The second kappa shape index (κ2) is 6.33. The van der Waals surface area contributed by atoms with Gasteiger partial charge in [-0.15, -0.1) is 0 Å². The van der Waals surface area contributed by atoms with Crippen LogP contribution in [0.3, 0.4) is 0 Å². The molecule has 0 fully saturated rings. The molecule has 0 saturated heterocycles. The Hall–Kier alpha value is -1.14. The van der Waals surface area contributed by atoms with Crippen molar-refractivity contribution in [2.75, 3.05) is 13.7 Å². The van der Waals surface area contributed by atoms with Crippen LogP contribution in [-0.4, -0.2) is 47.1 Å². The monoisotopic (exact) mass is 206 g/mol. The van der Waals surface area contributed by atoms with E-state index in [9.17, 15) is 9.59 Å². The van der Waals surface area contributed by atoms with Crippen molar-refractivity contribution in [1.82, 2.24) is 0 Å². The van der Waals surface area contributed by atoms with Crippen molar-refractivity contribution in [2.24, 2.45) is 5.92 Å². The standard InChI is InChI=1S/C8H14O6/c1-14-8(13)5(3-7(11)12)2-6(10)4-9/h5-6,9-10H,2-4H2,1H3,(H,11,12). The van der Waals surface area contributed by atoms with E-state index in [4.69, 9.17) is 15.3 Å². The van der Waals surface area contributed by atoms with Gasteiger partial charge in [-0.3, -0.25) is 9.59 Å². The highest BCUT2D eigenvalue weighted by Crippen LogP contribution is 2.13. The largest absolute Gasteiger partial charge is 0.481 e. The molecule has 0 spiro atoms. The molecule has 6 nitrogen and oxygen atoms in total. The first kappa shape index (κ1) is 12.9. The molecule has 82 valence electrons. The van der Waals surface area contributed by atoms with E-state index in [1.54, 1.807) is 0 Å². The average Bonchev–Trinajstić information content (AvgIpc) is 2.14. The second-order valence-corrected chi connectivity index (χ2v) is 2.89. The highest BCUT2D eigenvalue weighted by Gasteiger charge is 2.25. The molecule has 2 unspecified atom stereocenters. The van der Waals surface area contributed by atoms with Gasteiger partial charge in [0.25, 0.3) is 0 Å². The van der Waals surface area contributed by atoms with Crippen LogP contribution in [0.1, 0.15) is 12.8 Å². The van der Waals surface area contributed by atoms with Gasteiger partial charge >= 0.3 is 11.9 Å². The molecule has 0 saturated carbocycles. The average molecular weight is 206 g/mol. The maximum atomic E-state index is 11.0. The Bertz CT molecular complexity index is 202. The SMILES string of the molecule is COC(=O)C(CC(=O)O)CC(O)CO. The highest BCUT2D eigenvalue weighted by atomic mass is 16.5. The first-order chi connectivity index (χ1) is 6.51. The number of aliphatic hydroxyl groups excluding tert-OH is 2. The molecule has 14 heavy (non-hydrogen) atoms. The Morgan fingerprint density at radius 3 is 2.36 bits per heavy atom. The van der Waals surface area contributed by atoms with Crippen LogP contribution < -0.4 is 0 Å². The van der Waals surface area contributed by atoms with Gasteiger partial charge in [-0.05, 0) is 6.42 Å². The molecule has 0 aliphatic carbocycles. The molecule has 0 aliphatic rings. The molecule has 0 radical (unpaired) electrons. The third-order valence-electron chi connectivity index (χ3n) is 1.72. The van der Waals surface area contributed by atoms with Gasteiger partial charge in [0.2, 0.25) is 0 Å². The summed E-state index contributed by atoms with van der Waals surface area (Å²) in [6.07, 6.45) is -1.63. The maximum absolute atomic E-state index is 11.0. The van der Waals surface area contributed by atoms with E-state index < -0.39 is 37.0 Å². The van der Waals surface area contributed by atoms with Gasteiger partial charge in [0.15, 0.2) is 0 Å². The number of hydrogen-bond acceptors (Lipinski definition) is 5. The Balaban J connectivity index is 4.24. The quantitative estimate of drug-likeness (QED) is 0.481. The van der Waals surface area contributed by atoms with Crippen molar-refractivity contribution in [1.29, 1.82) is 0 Å². The normalized spacial score (nSPS) is 14.5. The Labute approximate surface area is 81.1 Å². The van der Waals surface area contributed by atoms with Gasteiger partial charge in [-0.25, -0.2) is 0 Å². The van der Waals surface area contributed by atoms with Crippen molar-refractivity contribution in [3.8, 4) is 0 Å². The summed E-state index contributed by atoms with van der Waals surface area (Å²) >= 11 is 0. The number of carboxylic acids is 1. The van der Waals surface area contributed by atoms with Crippen LogP contribution in [0.5, 0.6) is 0 Å². The lowest BCUT2D eigenvalue weighted by Crippen LogP contribution is -2.26. The zero-order valence-corrected chi connectivity index (χ0v) is 7.84. The molecule has 0 amide bonds. The fraction of sp³-hybridized carbons (Fsp3) is 0.750. The molecule has 0 rings (SSSR count). The predicted molar refractivity (Wildman–Crippen MR) is 45.5 cm³/mol. The summed E-state index contributed by atoms with van der Waals surface area (Å²) in [7, 11) is 1.14. The van der Waals surface area contributed by atoms with Crippen molar-refractivity contribution in [2.45, 2.75) is 18.9 Å². The lowest BCUT2D eigenvalue weighted by molar-refractivity contribution is -0.152. The lowest BCUT2D eigenvalue weighted by Gasteiger charge is -2.14. The van der Waals surface area contributed by atoms with E-state index in [0.717, 1.165) is 7.11 Å². The van der Waals surface area contributed by atoms with E-state index >= 15 is 0 Å². The van der Waals surface area contributed by atoms with Gasteiger partial charge < -0.3 is 20.1 Å². The zero-order chi connectivity index (χ0) is 11.1. The summed E-state index contributed by atoms with van der Waals surface area (Å²) in [6.45, 7) is -0.507. The fourth-order valence-corrected chi connectivity index (χ4v) is 1.04. The van der Waals surface area contributed by atoms with E-state index in [2.05, 4.69) is 4.74 Å². The van der Waals surface area contributed by atoms with Crippen LogP contribution >= 0.6 is 0 Å². The molecular weight excluding hydrogens is 192 g/mol. The van der Waals surface area contributed by atoms with Crippen LogP contribution in [0.15, 0.2) is 0 Å². The summed E-state index contributed by atoms with van der Waals surface area (Å²) in [6, 6.07) is 0. The first-order valence-corrected chi connectivity index (χ1v) is 4.09. The Morgan fingerprint density at radius 2 is 2.00 bits per heavy atom. The van der Waals surface area contributed by atoms with Crippen LogP contribution in [0.2, 0.25) is 0 Å². The van der Waals surface area contributed by atoms with Crippen LogP contribution in [0.4, 0.5) is 0 Å². The minimum absolute atomic E-state index is 0.116. The number of aliphatic carboxylic acids is 1. The van der Waals surface area contributed by atoms with Gasteiger partial charge in [0.1, 0.15) is 0 Å². The zero-order valence-electron chi connectivity index (χ0n) is 7.84. The van der Waals surface area contributed by atoms with Gasteiger partial charge in [-0.1, -0.05) is 0 Å². The molecule has 0 heterocycles. The number of carbonyl (C=O) groups is 2. The highest BCUT2D eigenvalue weighted by molar-refractivity contribution is 5.78. The summed E-state index contributed by atoms with van der Waals surface area (Å²) in [5.74, 6) is -2.76. The smallest absolute Gasteiger partial charge is 0.309 e. The number of carboxylic acid groups (broad SMARTS) is 1. The molecule has 0 aromatic rings. The summed E-state index contributed by atoms with van der Waals surface area (Å²) < 4.78 is 4.36. The number of ether oxygens (including phenoxy) is 1. The summed E-state index contributed by atoms with van der Waals surface area (Å²) in [4.78, 5) is 21.4. The number of esters is 1. The molecule has 0 aliphatic heterocycles. The number of hydrogen-bond donors (Lipinski definition) is 3. The van der Waals surface area contributed by atoms with Crippen molar-refractivity contribution in [3.05, 3.63) is 0 Å². The van der Waals surface area contributed by atoms with Crippen LogP contribution in [0.25, 0.3) is 0 Å². The minimum atomic E-state index is -1.15. The van der Waals surface area contributed by atoms with E-state index in [1.807, 2.05) is 0 Å². The predicted octanol–water partition coefficient (Wildman–Crippen LogP) is -1.01. The molecule has 0 bridgehead atoms. The van der Waals surface area contributed by atoms with Gasteiger partial charge in [0.05, 0.1) is 32.2 Å². The van der Waals surface area contributed by atoms with Crippen molar-refractivity contribution in [3.63, 3.8) is 0 Å². The fourth-order valence-electron chi connectivity index (χ4n) is 1.04. The van der Waals surface area contributed by atoms with Crippen LogP contribution in [0, 0.1) is 5.92 Å². The third-order valence-corrected chi connectivity index (χ3v) is 1.72. The molecule has 0 aromatic carbocycles. The van der Waals surface area contributed by atoms with Gasteiger partial charge in [-0.2, -0.15) is 0 Å². The van der Waals surface area contributed by atoms with Crippen molar-refractivity contribution < 1.29 is 29.6 Å². The summed E-state index contributed by atoms with van der Waals surface area (Å²) in [5.41, 5.74) is 0. The maximum Gasteiger partial charge on any atom is 0.309 e. The molecule has 2 atom stereocenters. The minimum Gasteiger partial charge on any atom is -0.481 e. The Kier molecular flexibility index (Phi) is 5.82. The number of aliphatic hydroxyl groups is 2. The van der Waals surface area contributed by atoms with E-state index in [0.29, 0.717) is 0 Å². The Morgan fingerprint density at radius 1 is 1.43 bits per heavy atom. The summed E-state index contributed by atoms with van der Waals surface area (Å²) in [5, 5.41) is 26.0. The van der Waals surface area contributed by atoms with Gasteiger partial charge in [0, 0.05) is 0 Å². The number of rotatable bonds is 6. The first-order valence-electron chi connectivity index (χ1n) is 4.09. The van der Waals surface area contributed by atoms with Crippen LogP contribution in [-0.2, 0) is 14.3 Å². The molecule has 6 heteroatoms. The molecular formula is C8H14O6. The second-order valence-electron chi connectivity index (χ2n) is 2.89. The lowest BCUT2D eigenvalue weighted by atomic mass is 9.98. The van der Waals surface area contributed by atoms with E-state index in [-0.39, 0.29) is 6.42 Å². The third kappa shape index (κ3) is 4.78. The molecule has 0 aromatic heterocycles. The van der Waals surface area contributed by atoms with Crippen molar-refractivity contribution >= 4 is 11.9 Å². The van der Waals surface area contributed by atoms with E-state index in [1.165, 1.54) is 0 Å².